The van der Waals surface area contributed by atoms with E-state index in [1.165, 1.54) is 14.2 Å². The summed E-state index contributed by atoms with van der Waals surface area (Å²) in [5.74, 6) is -0.555. The molecule has 0 fully saturated rings. The van der Waals surface area contributed by atoms with Gasteiger partial charge in [-0.1, -0.05) is 0 Å². The first-order valence-corrected chi connectivity index (χ1v) is 8.36. The van der Waals surface area contributed by atoms with Crippen LogP contribution in [0.2, 0.25) is 0 Å². The van der Waals surface area contributed by atoms with Crippen LogP contribution in [0.3, 0.4) is 0 Å². The molecule has 0 aliphatic rings. The van der Waals surface area contributed by atoms with E-state index >= 15 is 0 Å². The van der Waals surface area contributed by atoms with Gasteiger partial charge in [0.05, 0.1) is 79.9 Å². The number of esters is 2. The minimum absolute atomic E-state index is 0.258. The van der Waals surface area contributed by atoms with E-state index < -0.39 is 0 Å². The van der Waals surface area contributed by atoms with Gasteiger partial charge in [-0.2, -0.15) is 0 Å². The van der Waals surface area contributed by atoms with Gasteiger partial charge in [0.1, 0.15) is 0 Å². The molecule has 0 saturated carbocycles. The predicted molar refractivity (Wildman–Crippen MR) is 89.4 cm³/mol. The van der Waals surface area contributed by atoms with Crippen molar-refractivity contribution in [2.45, 2.75) is 12.8 Å². The average molecular weight is 365 g/mol. The Morgan fingerprint density at radius 1 is 0.600 bits per heavy atom. The number of hydrogen-bond donors (Lipinski definition) is 1. The molecule has 0 aliphatic carbocycles. The quantitative estimate of drug-likeness (QED) is 0.261. The monoisotopic (exact) mass is 365 g/mol. The first kappa shape index (κ1) is 23.7. The van der Waals surface area contributed by atoms with E-state index in [1.54, 1.807) is 0 Å². The third kappa shape index (κ3) is 18.9. The molecule has 0 amide bonds. The maximum absolute atomic E-state index is 10.8. The number of hydrogen-bond acceptors (Lipinski definition) is 9. The van der Waals surface area contributed by atoms with Crippen molar-refractivity contribution in [3.63, 3.8) is 0 Å². The largest absolute Gasteiger partial charge is 0.469 e. The van der Waals surface area contributed by atoms with Crippen LogP contribution in [0.25, 0.3) is 0 Å². The fourth-order valence-electron chi connectivity index (χ4n) is 1.57. The molecular weight excluding hydrogens is 334 g/mol. The highest BCUT2D eigenvalue weighted by Crippen LogP contribution is 1.87. The first-order valence-electron chi connectivity index (χ1n) is 8.36. The maximum atomic E-state index is 10.8. The number of carbonyl (C=O) groups excluding carboxylic acids is 2. The lowest BCUT2D eigenvalue weighted by molar-refractivity contribution is -0.142. The van der Waals surface area contributed by atoms with Crippen LogP contribution in [0.1, 0.15) is 12.8 Å². The fraction of sp³-hybridized carbons (Fsp3) is 0.875. The zero-order chi connectivity index (χ0) is 18.6. The van der Waals surface area contributed by atoms with Gasteiger partial charge in [0.25, 0.3) is 0 Å². The lowest BCUT2D eigenvalue weighted by Gasteiger charge is -2.08. The Labute approximate surface area is 149 Å². The third-order valence-corrected chi connectivity index (χ3v) is 2.95. The van der Waals surface area contributed by atoms with Crippen molar-refractivity contribution in [3.05, 3.63) is 0 Å². The molecule has 0 atom stereocenters. The van der Waals surface area contributed by atoms with E-state index in [9.17, 15) is 9.59 Å². The molecule has 1 N–H and O–H groups in total. The van der Waals surface area contributed by atoms with Crippen LogP contribution in [0.4, 0.5) is 0 Å². The second-order valence-corrected chi connectivity index (χ2v) is 4.85. The van der Waals surface area contributed by atoms with Crippen molar-refractivity contribution < 1.29 is 38.0 Å². The standard InChI is InChI=1S/C16H31NO8/c1-20-15(18)3-7-22-11-13-24-9-5-17-6-10-25-14-12-23-8-4-16(19)21-2/h17H,3-14H2,1-2H3. The molecule has 0 aliphatic heterocycles. The van der Waals surface area contributed by atoms with Gasteiger partial charge >= 0.3 is 11.9 Å². The average Bonchev–Trinajstić information content (AvgIpc) is 2.63. The van der Waals surface area contributed by atoms with E-state index in [2.05, 4.69) is 14.8 Å². The second-order valence-electron chi connectivity index (χ2n) is 4.85. The molecule has 0 aromatic carbocycles. The number of rotatable bonds is 18. The van der Waals surface area contributed by atoms with Gasteiger partial charge in [-0.3, -0.25) is 9.59 Å². The van der Waals surface area contributed by atoms with Crippen LogP contribution in [0, 0.1) is 0 Å². The lowest BCUT2D eigenvalue weighted by Crippen LogP contribution is -2.25. The summed E-state index contributed by atoms with van der Waals surface area (Å²) in [6, 6.07) is 0. The van der Waals surface area contributed by atoms with E-state index in [0.29, 0.717) is 52.9 Å². The van der Waals surface area contributed by atoms with Gasteiger partial charge < -0.3 is 33.7 Å². The Morgan fingerprint density at radius 3 is 1.32 bits per heavy atom. The van der Waals surface area contributed by atoms with E-state index in [1.807, 2.05) is 0 Å². The summed E-state index contributed by atoms with van der Waals surface area (Å²) in [6.07, 6.45) is 0.517. The zero-order valence-corrected chi connectivity index (χ0v) is 15.3. The number of nitrogens with one attached hydrogen (secondary N) is 1. The molecule has 25 heavy (non-hydrogen) atoms. The van der Waals surface area contributed by atoms with E-state index in [0.717, 1.165) is 13.1 Å². The summed E-state index contributed by atoms with van der Waals surface area (Å²) in [5.41, 5.74) is 0. The molecule has 0 radical (unpaired) electrons. The molecule has 0 saturated heterocycles. The molecule has 0 rings (SSSR count). The van der Waals surface area contributed by atoms with Crippen molar-refractivity contribution in [2.75, 3.05) is 80.2 Å². The number of carbonyl (C=O) groups is 2. The summed E-state index contributed by atoms with van der Waals surface area (Å²) in [6.45, 7) is 5.18. The van der Waals surface area contributed by atoms with Crippen molar-refractivity contribution in [1.82, 2.24) is 5.32 Å². The van der Waals surface area contributed by atoms with E-state index in [4.69, 9.17) is 18.9 Å². The van der Waals surface area contributed by atoms with Crippen LogP contribution in [-0.4, -0.2) is 92.1 Å². The number of methoxy groups -OCH3 is 2. The SMILES string of the molecule is COC(=O)CCOCCOCCNCCOCCOCCC(=O)OC. The van der Waals surface area contributed by atoms with Gasteiger partial charge in [0, 0.05) is 13.1 Å². The topological polar surface area (TPSA) is 102 Å². The Bertz CT molecular complexity index is 297. The molecule has 0 aromatic heterocycles. The Balaban J connectivity index is 3.05. The zero-order valence-electron chi connectivity index (χ0n) is 15.3. The van der Waals surface area contributed by atoms with Crippen molar-refractivity contribution in [1.29, 1.82) is 0 Å². The van der Waals surface area contributed by atoms with Gasteiger partial charge in [0.2, 0.25) is 0 Å². The first-order chi connectivity index (χ1) is 12.2. The molecule has 0 aromatic rings. The van der Waals surface area contributed by atoms with Gasteiger partial charge in [-0.15, -0.1) is 0 Å². The molecule has 148 valence electrons. The molecule has 9 heteroatoms. The summed E-state index contributed by atoms with van der Waals surface area (Å²) < 4.78 is 30.2. The molecule has 0 unspecified atom stereocenters. The second kappa shape index (κ2) is 19.1. The van der Waals surface area contributed by atoms with Gasteiger partial charge in [-0.05, 0) is 0 Å². The van der Waals surface area contributed by atoms with Crippen LogP contribution < -0.4 is 5.32 Å². The smallest absolute Gasteiger partial charge is 0.307 e. The van der Waals surface area contributed by atoms with Crippen LogP contribution >= 0.6 is 0 Å². The highest BCUT2D eigenvalue weighted by molar-refractivity contribution is 5.69. The van der Waals surface area contributed by atoms with Gasteiger partial charge in [0.15, 0.2) is 0 Å². The van der Waals surface area contributed by atoms with Crippen molar-refractivity contribution in [3.8, 4) is 0 Å². The molecule has 0 bridgehead atoms. The van der Waals surface area contributed by atoms with E-state index in [-0.39, 0.29) is 24.8 Å². The summed E-state index contributed by atoms with van der Waals surface area (Å²) in [4.78, 5) is 21.6. The van der Waals surface area contributed by atoms with Crippen molar-refractivity contribution >= 4 is 11.9 Å². The lowest BCUT2D eigenvalue weighted by atomic mass is 10.5. The van der Waals surface area contributed by atoms with Crippen LogP contribution in [0.15, 0.2) is 0 Å². The third-order valence-electron chi connectivity index (χ3n) is 2.95. The summed E-state index contributed by atoms with van der Waals surface area (Å²) >= 11 is 0. The molecule has 0 heterocycles. The molecular formula is C16H31NO8. The predicted octanol–water partition coefficient (Wildman–Crippen LogP) is -0.231. The molecule has 9 nitrogen and oxygen atoms in total. The summed E-state index contributed by atoms with van der Waals surface area (Å²) in [5, 5.41) is 3.18. The highest BCUT2D eigenvalue weighted by Gasteiger charge is 2.00. The molecule has 0 spiro atoms. The highest BCUT2D eigenvalue weighted by atomic mass is 16.5. The minimum atomic E-state index is -0.278. The number of ether oxygens (including phenoxy) is 6. The van der Waals surface area contributed by atoms with Gasteiger partial charge in [-0.25, -0.2) is 0 Å². The summed E-state index contributed by atoms with van der Waals surface area (Å²) in [7, 11) is 2.70. The Kier molecular flexibility index (Phi) is 18.1. The normalized spacial score (nSPS) is 10.6. The van der Waals surface area contributed by atoms with Crippen molar-refractivity contribution in [2.24, 2.45) is 0 Å². The fourth-order valence-corrected chi connectivity index (χ4v) is 1.57. The maximum Gasteiger partial charge on any atom is 0.307 e. The van der Waals surface area contributed by atoms with Crippen LogP contribution in [0.5, 0.6) is 0 Å². The Morgan fingerprint density at radius 2 is 0.960 bits per heavy atom. The Hall–Kier alpha value is -1.26. The minimum Gasteiger partial charge on any atom is -0.469 e. The van der Waals surface area contributed by atoms with Crippen LogP contribution in [-0.2, 0) is 38.0 Å².